The van der Waals surface area contributed by atoms with Crippen LogP contribution in [0, 0.1) is 10.1 Å². The predicted octanol–water partition coefficient (Wildman–Crippen LogP) is 2.06. The predicted molar refractivity (Wildman–Crippen MR) is 67.6 cm³/mol. The maximum absolute atomic E-state index is 10.9. The van der Waals surface area contributed by atoms with E-state index < -0.39 is 4.92 Å². The molecule has 1 aromatic carbocycles. The Kier molecular flexibility index (Phi) is 4.04. The third kappa shape index (κ3) is 3.26. The maximum Gasteiger partial charge on any atom is 0.311 e. The summed E-state index contributed by atoms with van der Waals surface area (Å²) in [6.45, 7) is -0.0448. The van der Waals surface area contributed by atoms with E-state index in [2.05, 4.69) is 4.98 Å². The molecular formula is C13H12N2O4. The standard InChI is InChI=1S/C13H12N2O4/c16-8-10-3-4-13(12(6-10)15(17)18)19-9-11-2-1-5-14-7-11/h1-7,16H,8-9H2. The van der Waals surface area contributed by atoms with Gasteiger partial charge in [-0.25, -0.2) is 0 Å². The summed E-state index contributed by atoms with van der Waals surface area (Å²) in [5, 5.41) is 19.9. The van der Waals surface area contributed by atoms with Crippen LogP contribution in [0.3, 0.4) is 0 Å². The van der Waals surface area contributed by atoms with E-state index in [0.717, 1.165) is 5.56 Å². The van der Waals surface area contributed by atoms with Gasteiger partial charge in [0.1, 0.15) is 6.61 Å². The number of nitro groups is 1. The van der Waals surface area contributed by atoms with Gasteiger partial charge in [-0.3, -0.25) is 15.1 Å². The zero-order valence-electron chi connectivity index (χ0n) is 10.0. The molecule has 0 saturated carbocycles. The average Bonchev–Trinajstić information content (AvgIpc) is 2.46. The van der Waals surface area contributed by atoms with Gasteiger partial charge in [0.2, 0.25) is 0 Å². The molecule has 2 rings (SSSR count). The Morgan fingerprint density at radius 1 is 1.32 bits per heavy atom. The van der Waals surface area contributed by atoms with Crippen LogP contribution in [0.25, 0.3) is 0 Å². The summed E-state index contributed by atoms with van der Waals surface area (Å²) in [7, 11) is 0. The van der Waals surface area contributed by atoms with Crippen molar-refractivity contribution in [1.29, 1.82) is 0 Å². The van der Waals surface area contributed by atoms with Crippen molar-refractivity contribution in [2.75, 3.05) is 0 Å². The minimum atomic E-state index is -0.530. The second kappa shape index (κ2) is 5.92. The van der Waals surface area contributed by atoms with Gasteiger partial charge in [0.25, 0.3) is 0 Å². The van der Waals surface area contributed by atoms with E-state index in [9.17, 15) is 10.1 Å². The van der Waals surface area contributed by atoms with Crippen molar-refractivity contribution in [1.82, 2.24) is 4.98 Å². The Labute approximate surface area is 109 Å². The normalized spacial score (nSPS) is 10.2. The Hall–Kier alpha value is -2.47. The second-order valence-corrected chi connectivity index (χ2v) is 3.87. The van der Waals surface area contributed by atoms with Crippen molar-refractivity contribution in [3.63, 3.8) is 0 Å². The lowest BCUT2D eigenvalue weighted by molar-refractivity contribution is -0.386. The minimum absolute atomic E-state index is 0.157. The van der Waals surface area contributed by atoms with Gasteiger partial charge >= 0.3 is 5.69 Å². The summed E-state index contributed by atoms with van der Waals surface area (Å²) < 4.78 is 5.42. The topological polar surface area (TPSA) is 85.5 Å². The van der Waals surface area contributed by atoms with Crippen LogP contribution in [-0.4, -0.2) is 15.0 Å². The summed E-state index contributed by atoms with van der Waals surface area (Å²) in [4.78, 5) is 14.3. The van der Waals surface area contributed by atoms with Gasteiger partial charge in [0, 0.05) is 24.0 Å². The Morgan fingerprint density at radius 3 is 2.79 bits per heavy atom. The van der Waals surface area contributed by atoms with Gasteiger partial charge in [0.15, 0.2) is 5.75 Å². The van der Waals surface area contributed by atoms with E-state index in [1.165, 1.54) is 12.1 Å². The number of pyridine rings is 1. The molecule has 0 fully saturated rings. The molecule has 1 aromatic heterocycles. The van der Waals surface area contributed by atoms with Crippen molar-refractivity contribution in [2.24, 2.45) is 0 Å². The van der Waals surface area contributed by atoms with Crippen molar-refractivity contribution >= 4 is 5.69 Å². The zero-order chi connectivity index (χ0) is 13.7. The average molecular weight is 260 g/mol. The fourth-order valence-corrected chi connectivity index (χ4v) is 1.57. The van der Waals surface area contributed by atoms with E-state index in [4.69, 9.17) is 9.84 Å². The van der Waals surface area contributed by atoms with Crippen molar-refractivity contribution < 1.29 is 14.8 Å². The molecule has 0 saturated heterocycles. The highest BCUT2D eigenvalue weighted by atomic mass is 16.6. The molecule has 0 radical (unpaired) electrons. The SMILES string of the molecule is O=[N+]([O-])c1cc(CO)ccc1OCc1cccnc1. The van der Waals surface area contributed by atoms with Crippen molar-refractivity contribution in [3.05, 3.63) is 64.0 Å². The molecule has 0 aliphatic rings. The summed E-state index contributed by atoms with van der Waals surface area (Å²) in [5.41, 5.74) is 1.14. The van der Waals surface area contributed by atoms with Gasteiger partial charge in [-0.1, -0.05) is 12.1 Å². The molecule has 0 unspecified atom stereocenters. The highest BCUT2D eigenvalue weighted by Crippen LogP contribution is 2.28. The summed E-state index contributed by atoms with van der Waals surface area (Å²) in [6.07, 6.45) is 3.27. The van der Waals surface area contributed by atoms with Crippen LogP contribution in [0.1, 0.15) is 11.1 Å². The number of ether oxygens (including phenoxy) is 1. The van der Waals surface area contributed by atoms with Crippen LogP contribution in [0.4, 0.5) is 5.69 Å². The molecular weight excluding hydrogens is 248 g/mol. The van der Waals surface area contributed by atoms with Crippen LogP contribution >= 0.6 is 0 Å². The number of hydrogen-bond acceptors (Lipinski definition) is 5. The third-order valence-corrected chi connectivity index (χ3v) is 2.52. The molecule has 19 heavy (non-hydrogen) atoms. The fraction of sp³-hybridized carbons (Fsp3) is 0.154. The first kappa shape index (κ1) is 13.0. The van der Waals surface area contributed by atoms with Crippen molar-refractivity contribution in [2.45, 2.75) is 13.2 Å². The molecule has 0 aliphatic heterocycles. The third-order valence-electron chi connectivity index (χ3n) is 2.52. The fourth-order valence-electron chi connectivity index (χ4n) is 1.57. The highest BCUT2D eigenvalue weighted by molar-refractivity contribution is 5.48. The smallest absolute Gasteiger partial charge is 0.311 e. The van der Waals surface area contributed by atoms with Crippen LogP contribution in [-0.2, 0) is 13.2 Å². The number of nitrogens with zero attached hydrogens (tertiary/aromatic N) is 2. The van der Waals surface area contributed by atoms with E-state index in [1.54, 1.807) is 24.5 Å². The second-order valence-electron chi connectivity index (χ2n) is 3.87. The number of aliphatic hydroxyl groups is 1. The monoisotopic (exact) mass is 260 g/mol. The molecule has 2 aromatic rings. The molecule has 0 atom stereocenters. The summed E-state index contributed by atoms with van der Waals surface area (Å²) in [5.74, 6) is 0.172. The zero-order valence-corrected chi connectivity index (χ0v) is 10.0. The van der Waals surface area contributed by atoms with Gasteiger partial charge in [-0.15, -0.1) is 0 Å². The lowest BCUT2D eigenvalue weighted by atomic mass is 10.2. The van der Waals surface area contributed by atoms with Crippen molar-refractivity contribution in [3.8, 4) is 5.75 Å². The molecule has 6 nitrogen and oxygen atoms in total. The molecule has 0 amide bonds. The van der Waals surface area contributed by atoms with E-state index >= 15 is 0 Å². The van der Waals surface area contributed by atoms with Crippen LogP contribution in [0.5, 0.6) is 5.75 Å². The lowest BCUT2D eigenvalue weighted by Crippen LogP contribution is -2.00. The van der Waals surface area contributed by atoms with Gasteiger partial charge in [-0.2, -0.15) is 0 Å². The van der Waals surface area contributed by atoms with Crippen LogP contribution in [0.15, 0.2) is 42.7 Å². The van der Waals surface area contributed by atoms with Gasteiger partial charge in [-0.05, 0) is 17.7 Å². The van der Waals surface area contributed by atoms with E-state index in [-0.39, 0.29) is 24.7 Å². The summed E-state index contributed by atoms with van der Waals surface area (Å²) in [6, 6.07) is 7.97. The first-order chi connectivity index (χ1) is 9.20. The molecule has 98 valence electrons. The van der Waals surface area contributed by atoms with Gasteiger partial charge < -0.3 is 9.84 Å². The lowest BCUT2D eigenvalue weighted by Gasteiger charge is -2.07. The van der Waals surface area contributed by atoms with Crippen LogP contribution in [0.2, 0.25) is 0 Å². The first-order valence-corrected chi connectivity index (χ1v) is 5.60. The molecule has 1 heterocycles. The Balaban J connectivity index is 2.18. The number of hydrogen-bond donors (Lipinski definition) is 1. The summed E-state index contributed by atoms with van der Waals surface area (Å²) >= 11 is 0. The molecule has 6 heteroatoms. The van der Waals surface area contributed by atoms with Crippen LogP contribution < -0.4 is 4.74 Å². The number of rotatable bonds is 5. The Bertz CT molecular complexity index is 572. The molecule has 1 N–H and O–H groups in total. The van der Waals surface area contributed by atoms with E-state index in [1.807, 2.05) is 6.07 Å². The van der Waals surface area contributed by atoms with E-state index in [0.29, 0.717) is 5.56 Å². The maximum atomic E-state index is 10.9. The number of benzene rings is 1. The quantitative estimate of drug-likeness (QED) is 0.657. The number of aliphatic hydroxyl groups excluding tert-OH is 1. The first-order valence-electron chi connectivity index (χ1n) is 5.60. The number of nitro benzene ring substituents is 1. The number of aromatic nitrogens is 1. The minimum Gasteiger partial charge on any atom is -0.482 e. The highest BCUT2D eigenvalue weighted by Gasteiger charge is 2.15. The molecule has 0 aliphatic carbocycles. The Morgan fingerprint density at radius 2 is 2.16 bits per heavy atom. The van der Waals surface area contributed by atoms with Gasteiger partial charge in [0.05, 0.1) is 11.5 Å². The largest absolute Gasteiger partial charge is 0.482 e. The molecule has 0 bridgehead atoms. The molecule has 0 spiro atoms.